The van der Waals surface area contributed by atoms with E-state index in [4.69, 9.17) is 0 Å². The molecule has 4 nitrogen and oxygen atoms in total. The molecule has 0 bridgehead atoms. The lowest BCUT2D eigenvalue weighted by atomic mass is 10.4. The van der Waals surface area contributed by atoms with Gasteiger partial charge in [-0.3, -0.25) is 4.79 Å². The zero-order valence-corrected chi connectivity index (χ0v) is 8.94. The molecule has 0 N–H and O–H groups in total. The van der Waals surface area contributed by atoms with Gasteiger partial charge in [-0.25, -0.2) is 4.98 Å². The van der Waals surface area contributed by atoms with Crippen LogP contribution in [0.4, 0.5) is 0 Å². The fourth-order valence-corrected chi connectivity index (χ4v) is 1.98. The summed E-state index contributed by atoms with van der Waals surface area (Å²) < 4.78 is 1.93. The molecular weight excluding hydrogens is 198 g/mol. The molecule has 1 aliphatic heterocycles. The number of aryl methyl sites for hydroxylation is 1. The predicted octanol–water partition coefficient (Wildman–Crippen LogP) is 0.451. The average molecular weight is 211 g/mol. The first kappa shape index (κ1) is 9.58. The van der Waals surface area contributed by atoms with Gasteiger partial charge in [0.05, 0.1) is 6.54 Å². The van der Waals surface area contributed by atoms with Crippen LogP contribution < -0.4 is 0 Å². The van der Waals surface area contributed by atoms with Crippen LogP contribution in [0.5, 0.6) is 0 Å². The Kier molecular flexibility index (Phi) is 2.50. The van der Waals surface area contributed by atoms with Gasteiger partial charge in [0.15, 0.2) is 0 Å². The Morgan fingerprint density at radius 1 is 1.71 bits per heavy atom. The number of hydrogen-bond acceptors (Lipinski definition) is 3. The number of likely N-dealkylation sites (tertiary alicyclic amines) is 1. The summed E-state index contributed by atoms with van der Waals surface area (Å²) in [6, 6.07) is 0. The molecule has 0 radical (unpaired) electrons. The lowest BCUT2D eigenvalue weighted by Crippen LogP contribution is -2.26. The number of hydrogen-bond donors (Lipinski definition) is 1. The first-order valence-electron chi connectivity index (χ1n) is 4.59. The van der Waals surface area contributed by atoms with Crippen LogP contribution in [0.25, 0.3) is 0 Å². The highest BCUT2D eigenvalue weighted by atomic mass is 32.1. The van der Waals surface area contributed by atoms with Gasteiger partial charge in [-0.2, -0.15) is 12.6 Å². The Hall–Kier alpha value is -0.970. The van der Waals surface area contributed by atoms with Crippen molar-refractivity contribution in [2.75, 3.05) is 6.54 Å². The molecule has 1 amide bonds. The molecule has 76 valence electrons. The molecule has 2 heterocycles. The Morgan fingerprint density at radius 3 is 3.00 bits per heavy atom. The zero-order valence-electron chi connectivity index (χ0n) is 8.05. The third kappa shape index (κ3) is 1.77. The van der Waals surface area contributed by atoms with Gasteiger partial charge in [0.25, 0.3) is 0 Å². The van der Waals surface area contributed by atoms with E-state index in [1.807, 2.05) is 17.8 Å². The van der Waals surface area contributed by atoms with Gasteiger partial charge in [0, 0.05) is 37.7 Å². The van der Waals surface area contributed by atoms with Crippen molar-refractivity contribution in [1.29, 1.82) is 0 Å². The van der Waals surface area contributed by atoms with Crippen molar-refractivity contribution in [1.82, 2.24) is 14.5 Å². The van der Waals surface area contributed by atoms with Crippen molar-refractivity contribution in [2.45, 2.75) is 18.2 Å². The first-order chi connectivity index (χ1) is 6.66. The highest BCUT2D eigenvalue weighted by molar-refractivity contribution is 7.81. The molecule has 0 aromatic carbocycles. The minimum atomic E-state index is 0.174. The largest absolute Gasteiger partial charge is 0.337 e. The van der Waals surface area contributed by atoms with Crippen LogP contribution in [0.2, 0.25) is 0 Å². The van der Waals surface area contributed by atoms with E-state index < -0.39 is 0 Å². The van der Waals surface area contributed by atoms with Gasteiger partial charge < -0.3 is 9.47 Å². The predicted molar refractivity (Wildman–Crippen MR) is 56.0 cm³/mol. The summed E-state index contributed by atoms with van der Waals surface area (Å²) in [5.74, 6) is 1.09. The normalized spacial score (nSPS) is 22.0. The topological polar surface area (TPSA) is 38.1 Å². The third-order valence-electron chi connectivity index (χ3n) is 2.45. The molecule has 1 aromatic heterocycles. The van der Waals surface area contributed by atoms with Crippen LogP contribution in [-0.2, 0) is 18.4 Å². The number of aromatic nitrogens is 2. The summed E-state index contributed by atoms with van der Waals surface area (Å²) in [6.45, 7) is 1.33. The maximum atomic E-state index is 11.5. The Bertz CT molecular complexity index is 350. The summed E-state index contributed by atoms with van der Waals surface area (Å²) in [5, 5.41) is 0.183. The van der Waals surface area contributed by atoms with Crippen molar-refractivity contribution < 1.29 is 4.79 Å². The van der Waals surface area contributed by atoms with Crippen LogP contribution in [-0.4, -0.2) is 32.2 Å². The fraction of sp³-hybridized carbons (Fsp3) is 0.556. The monoisotopic (exact) mass is 211 g/mol. The van der Waals surface area contributed by atoms with Gasteiger partial charge in [-0.05, 0) is 0 Å². The fourth-order valence-electron chi connectivity index (χ4n) is 1.62. The van der Waals surface area contributed by atoms with E-state index in [1.165, 1.54) is 0 Å². The molecule has 1 aromatic rings. The van der Waals surface area contributed by atoms with Crippen molar-refractivity contribution in [3.05, 3.63) is 18.2 Å². The lowest BCUT2D eigenvalue weighted by molar-refractivity contribution is -0.128. The molecule has 1 fully saturated rings. The molecular formula is C9H13N3OS. The van der Waals surface area contributed by atoms with Gasteiger partial charge in [-0.1, -0.05) is 0 Å². The second-order valence-corrected chi connectivity index (χ2v) is 4.32. The smallest absolute Gasteiger partial charge is 0.224 e. The number of carbonyl (C=O) groups excluding carboxylic acids is 1. The number of rotatable bonds is 2. The SMILES string of the molecule is Cn1ccnc1CN1CC(S)CC1=O. The molecule has 0 spiro atoms. The molecule has 1 aliphatic rings. The van der Waals surface area contributed by atoms with E-state index in [0.717, 1.165) is 12.4 Å². The molecule has 14 heavy (non-hydrogen) atoms. The lowest BCUT2D eigenvalue weighted by Gasteiger charge is -2.15. The van der Waals surface area contributed by atoms with Crippen molar-refractivity contribution in [2.24, 2.45) is 7.05 Å². The summed E-state index contributed by atoms with van der Waals surface area (Å²) >= 11 is 4.30. The van der Waals surface area contributed by atoms with E-state index in [0.29, 0.717) is 13.0 Å². The number of carbonyl (C=O) groups is 1. The van der Waals surface area contributed by atoms with Gasteiger partial charge in [0.1, 0.15) is 5.82 Å². The maximum Gasteiger partial charge on any atom is 0.224 e. The van der Waals surface area contributed by atoms with E-state index >= 15 is 0 Å². The number of imidazole rings is 1. The number of nitrogens with zero attached hydrogens (tertiary/aromatic N) is 3. The second kappa shape index (κ2) is 3.65. The summed E-state index contributed by atoms with van der Waals surface area (Å²) in [4.78, 5) is 17.5. The van der Waals surface area contributed by atoms with Crippen molar-refractivity contribution >= 4 is 18.5 Å². The van der Waals surface area contributed by atoms with Crippen LogP contribution in [0, 0.1) is 0 Å². The molecule has 1 atom stereocenters. The highest BCUT2D eigenvalue weighted by Gasteiger charge is 2.27. The Morgan fingerprint density at radius 2 is 2.50 bits per heavy atom. The second-order valence-electron chi connectivity index (χ2n) is 3.59. The van der Waals surface area contributed by atoms with E-state index in [2.05, 4.69) is 17.6 Å². The minimum Gasteiger partial charge on any atom is -0.337 e. The van der Waals surface area contributed by atoms with Crippen LogP contribution in [0.3, 0.4) is 0 Å². The van der Waals surface area contributed by atoms with Gasteiger partial charge >= 0.3 is 0 Å². The van der Waals surface area contributed by atoms with Crippen LogP contribution >= 0.6 is 12.6 Å². The van der Waals surface area contributed by atoms with Crippen molar-refractivity contribution in [3.63, 3.8) is 0 Å². The van der Waals surface area contributed by atoms with Crippen molar-refractivity contribution in [3.8, 4) is 0 Å². The molecule has 2 rings (SSSR count). The highest BCUT2D eigenvalue weighted by Crippen LogP contribution is 2.17. The zero-order chi connectivity index (χ0) is 10.1. The summed E-state index contributed by atoms with van der Waals surface area (Å²) in [6.07, 6.45) is 4.18. The standard InChI is InChI=1S/C9H13N3OS/c1-11-3-2-10-8(11)6-12-5-7(14)4-9(12)13/h2-3,7,14H,4-6H2,1H3. The van der Waals surface area contributed by atoms with Crippen LogP contribution in [0.15, 0.2) is 12.4 Å². The van der Waals surface area contributed by atoms with Gasteiger partial charge in [0.2, 0.25) is 5.91 Å². The van der Waals surface area contributed by atoms with E-state index in [1.54, 1.807) is 11.1 Å². The Labute approximate surface area is 88.3 Å². The third-order valence-corrected chi connectivity index (χ3v) is 2.79. The summed E-state index contributed by atoms with van der Waals surface area (Å²) in [7, 11) is 1.93. The molecule has 5 heteroatoms. The quantitative estimate of drug-likeness (QED) is 0.721. The molecule has 0 saturated carbocycles. The van der Waals surface area contributed by atoms with E-state index in [9.17, 15) is 4.79 Å². The summed E-state index contributed by atoms with van der Waals surface area (Å²) in [5.41, 5.74) is 0. The van der Waals surface area contributed by atoms with Gasteiger partial charge in [-0.15, -0.1) is 0 Å². The first-order valence-corrected chi connectivity index (χ1v) is 5.10. The van der Waals surface area contributed by atoms with Crippen LogP contribution in [0.1, 0.15) is 12.2 Å². The molecule has 0 aliphatic carbocycles. The maximum absolute atomic E-state index is 11.5. The average Bonchev–Trinajstić information content (AvgIpc) is 2.62. The minimum absolute atomic E-state index is 0.174. The number of amides is 1. The molecule has 1 saturated heterocycles. The Balaban J connectivity index is 2.05. The molecule has 1 unspecified atom stereocenters. The number of thiol groups is 1. The van der Waals surface area contributed by atoms with E-state index in [-0.39, 0.29) is 11.2 Å².